The van der Waals surface area contributed by atoms with E-state index < -0.39 is 6.43 Å². The van der Waals surface area contributed by atoms with Crippen molar-refractivity contribution in [2.45, 2.75) is 13.3 Å². The Bertz CT molecular complexity index is 299. The number of hydrogen-bond donors (Lipinski definition) is 0. The number of benzene rings is 1. The van der Waals surface area contributed by atoms with Gasteiger partial charge in [0, 0.05) is 15.1 Å². The van der Waals surface area contributed by atoms with E-state index >= 15 is 0 Å². The van der Waals surface area contributed by atoms with E-state index in [1.807, 2.05) is 0 Å². The van der Waals surface area contributed by atoms with Crippen LogP contribution in [0.5, 0.6) is 0 Å². The molecule has 0 nitrogen and oxygen atoms in total. The van der Waals surface area contributed by atoms with Gasteiger partial charge in [-0.2, -0.15) is 0 Å². The molecule has 0 heterocycles. The van der Waals surface area contributed by atoms with Crippen LogP contribution < -0.4 is 0 Å². The second kappa shape index (κ2) is 3.71. The molecule has 0 unspecified atom stereocenters. The van der Waals surface area contributed by atoms with Crippen molar-refractivity contribution in [3.63, 3.8) is 0 Å². The van der Waals surface area contributed by atoms with Gasteiger partial charge in [0.05, 0.1) is 0 Å². The third kappa shape index (κ3) is 1.96. The quantitative estimate of drug-likeness (QED) is 0.700. The van der Waals surface area contributed by atoms with Crippen molar-refractivity contribution in [3.8, 4) is 0 Å². The molecule has 4 heteroatoms. The molecule has 1 aromatic carbocycles. The van der Waals surface area contributed by atoms with Crippen molar-refractivity contribution in [1.29, 1.82) is 0 Å². The molecule has 66 valence electrons. The summed E-state index contributed by atoms with van der Waals surface area (Å²) in [6, 6.07) is 2.87. The van der Waals surface area contributed by atoms with Gasteiger partial charge in [-0.05, 0) is 24.6 Å². The predicted octanol–water partition coefficient (Wildman–Crippen LogP) is 4.35. The maximum Gasteiger partial charge on any atom is 0.264 e. The maximum absolute atomic E-state index is 12.3. The summed E-state index contributed by atoms with van der Waals surface area (Å²) in [6.07, 6.45) is -2.46. The lowest BCUT2D eigenvalue weighted by molar-refractivity contribution is 0.150. The molecular formula is C8H6BrClF2. The van der Waals surface area contributed by atoms with Gasteiger partial charge in [-0.15, -0.1) is 0 Å². The van der Waals surface area contributed by atoms with E-state index in [4.69, 9.17) is 11.6 Å². The van der Waals surface area contributed by atoms with Crippen molar-refractivity contribution in [3.05, 3.63) is 32.8 Å². The van der Waals surface area contributed by atoms with Crippen LogP contribution in [0.2, 0.25) is 5.02 Å². The predicted molar refractivity (Wildman–Crippen MR) is 48.8 cm³/mol. The number of rotatable bonds is 1. The summed E-state index contributed by atoms with van der Waals surface area (Å²) in [7, 11) is 0. The van der Waals surface area contributed by atoms with E-state index in [9.17, 15) is 8.78 Å². The molecule has 0 N–H and O–H groups in total. The Morgan fingerprint density at radius 3 is 2.50 bits per heavy atom. The molecule has 0 aliphatic heterocycles. The van der Waals surface area contributed by atoms with Crippen LogP contribution in [-0.2, 0) is 0 Å². The Labute approximate surface area is 82.7 Å². The van der Waals surface area contributed by atoms with Crippen molar-refractivity contribution in [2.24, 2.45) is 0 Å². The van der Waals surface area contributed by atoms with Crippen LogP contribution in [0.1, 0.15) is 17.6 Å². The minimum atomic E-state index is -2.46. The molecule has 0 aromatic heterocycles. The van der Waals surface area contributed by atoms with Gasteiger partial charge in [-0.25, -0.2) is 8.78 Å². The summed E-state index contributed by atoms with van der Waals surface area (Å²) in [5.41, 5.74) is 0.645. The SMILES string of the molecule is Cc1cc(C(F)F)c(Br)cc1Cl. The molecule has 0 aliphatic carbocycles. The Morgan fingerprint density at radius 1 is 1.42 bits per heavy atom. The molecular weight excluding hydrogens is 249 g/mol. The van der Waals surface area contributed by atoms with E-state index in [0.29, 0.717) is 15.1 Å². The highest BCUT2D eigenvalue weighted by Crippen LogP contribution is 2.31. The van der Waals surface area contributed by atoms with Gasteiger partial charge in [-0.3, -0.25) is 0 Å². The first-order valence-electron chi connectivity index (χ1n) is 3.26. The van der Waals surface area contributed by atoms with E-state index in [1.165, 1.54) is 12.1 Å². The van der Waals surface area contributed by atoms with Gasteiger partial charge >= 0.3 is 0 Å². The van der Waals surface area contributed by atoms with Crippen molar-refractivity contribution >= 4 is 27.5 Å². The van der Waals surface area contributed by atoms with Crippen LogP contribution in [0.15, 0.2) is 16.6 Å². The van der Waals surface area contributed by atoms with E-state index in [-0.39, 0.29) is 5.56 Å². The standard InChI is InChI=1S/C8H6BrClF2/c1-4-2-5(8(11)12)6(9)3-7(4)10/h2-3,8H,1H3. The summed E-state index contributed by atoms with van der Waals surface area (Å²) < 4.78 is 24.9. The first-order valence-corrected chi connectivity index (χ1v) is 4.43. The monoisotopic (exact) mass is 254 g/mol. The molecule has 0 spiro atoms. The molecule has 0 bridgehead atoms. The second-order valence-electron chi connectivity index (χ2n) is 2.42. The lowest BCUT2D eigenvalue weighted by atomic mass is 10.1. The van der Waals surface area contributed by atoms with Gasteiger partial charge in [-0.1, -0.05) is 27.5 Å². The van der Waals surface area contributed by atoms with Gasteiger partial charge < -0.3 is 0 Å². The Hall–Kier alpha value is -0.150. The lowest BCUT2D eigenvalue weighted by Crippen LogP contribution is -1.88. The Morgan fingerprint density at radius 2 is 2.00 bits per heavy atom. The third-order valence-corrected chi connectivity index (χ3v) is 2.61. The molecule has 1 aromatic rings. The zero-order valence-electron chi connectivity index (χ0n) is 6.24. The summed E-state index contributed by atoms with van der Waals surface area (Å²) in [5.74, 6) is 0. The molecule has 0 aliphatic rings. The fourth-order valence-electron chi connectivity index (χ4n) is 0.847. The van der Waals surface area contributed by atoms with Crippen LogP contribution in [0, 0.1) is 6.92 Å². The van der Waals surface area contributed by atoms with Crippen LogP contribution >= 0.6 is 27.5 Å². The van der Waals surface area contributed by atoms with E-state index in [0.717, 1.165) is 0 Å². The smallest absolute Gasteiger partial charge is 0.205 e. The first kappa shape index (κ1) is 9.93. The summed E-state index contributed by atoms with van der Waals surface area (Å²) in [5, 5.41) is 0.492. The molecule has 0 atom stereocenters. The highest BCUT2D eigenvalue weighted by Gasteiger charge is 2.12. The molecule has 1 rings (SSSR count). The molecule has 12 heavy (non-hydrogen) atoms. The molecule has 0 fully saturated rings. The molecule has 0 saturated carbocycles. The highest BCUT2D eigenvalue weighted by atomic mass is 79.9. The van der Waals surface area contributed by atoms with Crippen LogP contribution in [0.4, 0.5) is 8.78 Å². The minimum absolute atomic E-state index is 0.0168. The second-order valence-corrected chi connectivity index (χ2v) is 3.69. The van der Waals surface area contributed by atoms with E-state index in [2.05, 4.69) is 15.9 Å². The highest BCUT2D eigenvalue weighted by molar-refractivity contribution is 9.10. The third-order valence-electron chi connectivity index (χ3n) is 1.51. The maximum atomic E-state index is 12.3. The number of aryl methyl sites for hydroxylation is 1. The molecule has 0 radical (unpaired) electrons. The van der Waals surface area contributed by atoms with Gasteiger partial charge in [0.1, 0.15) is 0 Å². The first-order chi connectivity index (χ1) is 5.52. The largest absolute Gasteiger partial charge is 0.264 e. The Balaban J connectivity index is 3.23. The molecule has 0 saturated heterocycles. The average molecular weight is 255 g/mol. The zero-order chi connectivity index (χ0) is 9.30. The van der Waals surface area contributed by atoms with Crippen molar-refractivity contribution < 1.29 is 8.78 Å². The number of alkyl halides is 2. The van der Waals surface area contributed by atoms with Crippen molar-refractivity contribution in [2.75, 3.05) is 0 Å². The van der Waals surface area contributed by atoms with Gasteiger partial charge in [0.15, 0.2) is 0 Å². The normalized spacial score (nSPS) is 10.8. The summed E-state index contributed by atoms with van der Waals surface area (Å²) in [6.45, 7) is 1.70. The lowest BCUT2D eigenvalue weighted by Gasteiger charge is -2.05. The summed E-state index contributed by atoms with van der Waals surface area (Å²) >= 11 is 8.73. The van der Waals surface area contributed by atoms with Crippen LogP contribution in [0.3, 0.4) is 0 Å². The minimum Gasteiger partial charge on any atom is -0.205 e. The summed E-state index contributed by atoms with van der Waals surface area (Å²) in [4.78, 5) is 0. The fraction of sp³-hybridized carbons (Fsp3) is 0.250. The fourth-order valence-corrected chi connectivity index (χ4v) is 1.66. The van der Waals surface area contributed by atoms with E-state index in [1.54, 1.807) is 6.92 Å². The van der Waals surface area contributed by atoms with Gasteiger partial charge in [0.2, 0.25) is 0 Å². The molecule has 0 amide bonds. The van der Waals surface area contributed by atoms with Crippen LogP contribution in [0.25, 0.3) is 0 Å². The average Bonchev–Trinajstić information content (AvgIpc) is 1.96. The van der Waals surface area contributed by atoms with Crippen molar-refractivity contribution in [1.82, 2.24) is 0 Å². The number of halogens is 4. The zero-order valence-corrected chi connectivity index (χ0v) is 8.59. The number of hydrogen-bond acceptors (Lipinski definition) is 0. The van der Waals surface area contributed by atoms with Crippen LogP contribution in [-0.4, -0.2) is 0 Å². The van der Waals surface area contributed by atoms with Gasteiger partial charge in [0.25, 0.3) is 6.43 Å². The topological polar surface area (TPSA) is 0 Å². The Kier molecular flexibility index (Phi) is 3.07.